The van der Waals surface area contributed by atoms with Crippen LogP contribution >= 0.6 is 0 Å². The van der Waals surface area contributed by atoms with Gasteiger partial charge in [-0.3, -0.25) is 0 Å². The highest BCUT2D eigenvalue weighted by Gasteiger charge is 2.47. The minimum absolute atomic E-state index is 0.259. The second-order valence-electron chi connectivity index (χ2n) is 19.5. The van der Waals surface area contributed by atoms with E-state index in [1.54, 1.807) is 0 Å². The van der Waals surface area contributed by atoms with Crippen molar-refractivity contribution in [2.24, 2.45) is 0 Å². The van der Waals surface area contributed by atoms with E-state index in [1.807, 2.05) is 0 Å². The summed E-state index contributed by atoms with van der Waals surface area (Å²) in [6, 6.07) is 65.2. The van der Waals surface area contributed by atoms with Crippen LogP contribution in [-0.4, -0.2) is 0 Å². The number of hydrogen-bond acceptors (Lipinski definition) is 2. The molecule has 0 N–H and O–H groups in total. The fourth-order valence-electron chi connectivity index (χ4n) is 11.8. The molecule has 2 heteroatoms. The fraction of sp³-hybridized carbons (Fsp3) is 0.156. The van der Waals surface area contributed by atoms with Crippen LogP contribution in [0.25, 0.3) is 44.2 Å². The van der Waals surface area contributed by atoms with Crippen LogP contribution in [0.4, 0.5) is 28.4 Å². The molecule has 0 radical (unpaired) electrons. The van der Waals surface area contributed by atoms with Crippen LogP contribution in [-0.2, 0) is 10.8 Å². The first-order valence-electron chi connectivity index (χ1n) is 23.8. The molecule has 8 aromatic rings. The molecule has 0 unspecified atom stereocenters. The molecule has 0 aliphatic heterocycles. The van der Waals surface area contributed by atoms with E-state index < -0.39 is 0 Å². The number of para-hydroxylation sites is 2. The fourth-order valence-corrected chi connectivity index (χ4v) is 11.8. The van der Waals surface area contributed by atoms with Gasteiger partial charge < -0.3 is 9.80 Å². The topological polar surface area (TPSA) is 6.48 Å². The van der Waals surface area contributed by atoms with Crippen LogP contribution < -0.4 is 9.80 Å². The van der Waals surface area contributed by atoms with Crippen molar-refractivity contribution in [3.8, 4) is 33.4 Å². The summed E-state index contributed by atoms with van der Waals surface area (Å²) < 4.78 is 0. The van der Waals surface area contributed by atoms with Gasteiger partial charge in [0.1, 0.15) is 0 Å². The third-order valence-corrected chi connectivity index (χ3v) is 15.0. The summed E-state index contributed by atoms with van der Waals surface area (Å²) in [6.07, 6.45) is 15.9. The molecule has 2 nitrogen and oxygen atoms in total. The van der Waals surface area contributed by atoms with Crippen molar-refractivity contribution in [1.29, 1.82) is 0 Å². The van der Waals surface area contributed by atoms with Crippen LogP contribution in [0.1, 0.15) is 75.6 Å². The first-order chi connectivity index (χ1) is 32.3. The van der Waals surface area contributed by atoms with Crippen LogP contribution in [0.5, 0.6) is 0 Å². The van der Waals surface area contributed by atoms with Crippen LogP contribution in [0.2, 0.25) is 0 Å². The SMILES string of the molecule is CC1(C)c2cc(N(C3=CC=C(C4=CC=CCC4)CC3)c3ccccc3)ccc2-c2c1c1c(c3ccccc23)-c2ccc(N(c3ccccc3)c3ccc(-c4ccccc4)cc3)cc2C1(C)C. The molecule has 4 aliphatic carbocycles. The summed E-state index contributed by atoms with van der Waals surface area (Å²) in [6.45, 7) is 9.89. The Morgan fingerprint density at radius 3 is 1.39 bits per heavy atom. The molecule has 0 fully saturated rings. The largest absolute Gasteiger partial charge is 0.314 e. The number of fused-ring (bicyclic) bond motifs is 10. The lowest BCUT2D eigenvalue weighted by Gasteiger charge is -2.33. The standard InChI is InChI=1S/C64H54N2/c1-63(2)57-41-51(65(47-23-13-7-14-24-47)49-33-29-45(30-34-49)43-19-9-5-10-20-43)37-39-55(57)59-53-27-17-18-28-54(53)60-56-40-38-52(42-58(56)64(3,4)62(60)61(59)63)66(48-25-15-8-16-26-48)50-35-31-46(32-36-50)44-21-11-6-12-22-44/h5-11,13-21,23-31,33-35,37-42H,12,22,32,36H2,1-4H3. The third kappa shape index (κ3) is 6.38. The van der Waals surface area contributed by atoms with Gasteiger partial charge in [-0.2, -0.15) is 0 Å². The molecule has 0 atom stereocenters. The van der Waals surface area contributed by atoms with E-state index in [4.69, 9.17) is 0 Å². The van der Waals surface area contributed by atoms with Crippen LogP contribution in [0.3, 0.4) is 0 Å². The molecule has 8 aromatic carbocycles. The van der Waals surface area contributed by atoms with E-state index in [-0.39, 0.29) is 10.8 Å². The maximum absolute atomic E-state index is 2.52. The highest BCUT2D eigenvalue weighted by atomic mass is 15.2. The minimum atomic E-state index is -0.271. The Hall–Kier alpha value is -7.42. The molecule has 320 valence electrons. The van der Waals surface area contributed by atoms with E-state index in [2.05, 4.69) is 244 Å². The Morgan fingerprint density at radius 2 is 0.864 bits per heavy atom. The predicted octanol–water partition coefficient (Wildman–Crippen LogP) is 17.6. The van der Waals surface area contributed by atoms with Crippen molar-refractivity contribution < 1.29 is 0 Å². The summed E-state index contributed by atoms with van der Waals surface area (Å²) >= 11 is 0. The second kappa shape index (κ2) is 15.6. The van der Waals surface area contributed by atoms with E-state index in [9.17, 15) is 0 Å². The molecule has 66 heavy (non-hydrogen) atoms. The van der Waals surface area contributed by atoms with Crippen LogP contribution in [0, 0.1) is 0 Å². The van der Waals surface area contributed by atoms with Gasteiger partial charge in [-0.15, -0.1) is 0 Å². The summed E-state index contributed by atoms with van der Waals surface area (Å²) in [4.78, 5) is 4.93. The Balaban J connectivity index is 0.985. The number of rotatable bonds is 8. The Labute approximate surface area is 390 Å². The molecule has 0 bridgehead atoms. The van der Waals surface area contributed by atoms with Gasteiger partial charge in [-0.25, -0.2) is 0 Å². The number of hydrogen-bond donors (Lipinski definition) is 0. The summed E-state index contributed by atoms with van der Waals surface area (Å²) in [5, 5.41) is 2.67. The van der Waals surface area contributed by atoms with E-state index >= 15 is 0 Å². The molecule has 0 spiro atoms. The molecule has 0 saturated heterocycles. The van der Waals surface area contributed by atoms with Crippen molar-refractivity contribution in [2.45, 2.75) is 64.2 Å². The number of nitrogens with zero attached hydrogens (tertiary/aromatic N) is 2. The zero-order chi connectivity index (χ0) is 44.6. The maximum Gasteiger partial charge on any atom is 0.0465 e. The second-order valence-corrected chi connectivity index (χ2v) is 19.5. The Kier molecular flexibility index (Phi) is 9.50. The number of anilines is 5. The molecule has 12 rings (SSSR count). The van der Waals surface area contributed by atoms with Gasteiger partial charge in [-0.05, 0) is 170 Å². The van der Waals surface area contributed by atoms with Gasteiger partial charge in [-0.1, -0.05) is 167 Å². The number of allylic oxidation sites excluding steroid dienone is 8. The predicted molar refractivity (Wildman–Crippen MR) is 280 cm³/mol. The summed E-state index contributed by atoms with van der Waals surface area (Å²) in [5.41, 5.74) is 23.2. The Bertz CT molecular complexity index is 3330. The van der Waals surface area contributed by atoms with Crippen molar-refractivity contribution in [3.05, 3.63) is 245 Å². The van der Waals surface area contributed by atoms with Crippen molar-refractivity contribution >= 4 is 39.2 Å². The van der Waals surface area contributed by atoms with Crippen LogP contribution in [0.15, 0.2) is 223 Å². The quantitative estimate of drug-likeness (QED) is 0.150. The summed E-state index contributed by atoms with van der Waals surface area (Å²) in [5.74, 6) is 0. The average molecular weight is 851 g/mol. The summed E-state index contributed by atoms with van der Waals surface area (Å²) in [7, 11) is 0. The molecule has 0 amide bonds. The first kappa shape index (κ1) is 40.1. The minimum Gasteiger partial charge on any atom is -0.314 e. The molecule has 0 saturated carbocycles. The lowest BCUT2D eigenvalue weighted by molar-refractivity contribution is 0.602. The molecule has 4 aliphatic rings. The van der Waals surface area contributed by atoms with Gasteiger partial charge in [0.2, 0.25) is 0 Å². The molecule has 0 heterocycles. The van der Waals surface area contributed by atoms with Crippen molar-refractivity contribution in [1.82, 2.24) is 0 Å². The highest BCUT2D eigenvalue weighted by molar-refractivity contribution is 6.13. The zero-order valence-electron chi connectivity index (χ0n) is 38.4. The van der Waals surface area contributed by atoms with Gasteiger partial charge in [0.25, 0.3) is 0 Å². The smallest absolute Gasteiger partial charge is 0.0465 e. The Morgan fingerprint density at radius 1 is 0.394 bits per heavy atom. The van der Waals surface area contributed by atoms with E-state index in [1.165, 1.54) is 94.6 Å². The normalized spacial score (nSPS) is 16.1. The van der Waals surface area contributed by atoms with E-state index in [0.29, 0.717) is 0 Å². The number of benzene rings is 8. The molecule has 0 aromatic heterocycles. The third-order valence-electron chi connectivity index (χ3n) is 15.0. The molecular formula is C64H54N2. The maximum atomic E-state index is 2.52. The zero-order valence-corrected chi connectivity index (χ0v) is 38.4. The van der Waals surface area contributed by atoms with E-state index in [0.717, 1.165) is 42.7 Å². The first-order valence-corrected chi connectivity index (χ1v) is 23.8. The highest BCUT2D eigenvalue weighted by Crippen LogP contribution is 2.63. The lowest BCUT2D eigenvalue weighted by Crippen LogP contribution is -2.25. The molecular weight excluding hydrogens is 797 g/mol. The van der Waals surface area contributed by atoms with Gasteiger partial charge >= 0.3 is 0 Å². The van der Waals surface area contributed by atoms with Gasteiger partial charge in [0, 0.05) is 45.0 Å². The lowest BCUT2D eigenvalue weighted by atomic mass is 9.71. The average Bonchev–Trinajstić information content (AvgIpc) is 3.75. The van der Waals surface area contributed by atoms with Gasteiger partial charge in [0.15, 0.2) is 0 Å². The van der Waals surface area contributed by atoms with Crippen molar-refractivity contribution in [2.75, 3.05) is 9.80 Å². The monoisotopic (exact) mass is 850 g/mol. The van der Waals surface area contributed by atoms with Crippen molar-refractivity contribution in [3.63, 3.8) is 0 Å². The van der Waals surface area contributed by atoms with Gasteiger partial charge in [0.05, 0.1) is 0 Å².